The Labute approximate surface area is 111 Å². The molecule has 1 saturated heterocycles. The molecule has 0 spiro atoms. The van der Waals surface area contributed by atoms with Gasteiger partial charge in [-0.3, -0.25) is 0 Å². The maximum absolute atomic E-state index is 11.4. The summed E-state index contributed by atoms with van der Waals surface area (Å²) in [5.41, 5.74) is 5.29. The number of aliphatic hydroxyl groups is 1. The molecular formula is C12H18N4O3. The number of rotatable bonds is 5. The second-order valence-corrected chi connectivity index (χ2v) is 4.18. The number of para-hydroxylation sites is 1. The van der Waals surface area contributed by atoms with E-state index in [-0.39, 0.29) is 6.61 Å². The van der Waals surface area contributed by atoms with Gasteiger partial charge in [-0.15, -0.1) is 0 Å². The van der Waals surface area contributed by atoms with Crippen molar-refractivity contribution in [2.75, 3.05) is 26.4 Å². The highest BCUT2D eigenvalue weighted by Gasteiger charge is 2.28. The van der Waals surface area contributed by atoms with Crippen molar-refractivity contribution in [2.45, 2.75) is 6.23 Å². The summed E-state index contributed by atoms with van der Waals surface area (Å²) < 4.78 is 5.41. The van der Waals surface area contributed by atoms with Crippen molar-refractivity contribution >= 4 is 6.03 Å². The van der Waals surface area contributed by atoms with E-state index in [9.17, 15) is 9.90 Å². The number of urea groups is 1. The van der Waals surface area contributed by atoms with Crippen molar-refractivity contribution in [1.29, 1.82) is 0 Å². The molecule has 2 rings (SSSR count). The highest BCUT2D eigenvalue weighted by Crippen LogP contribution is 2.11. The third kappa shape index (κ3) is 3.57. The van der Waals surface area contributed by atoms with Gasteiger partial charge in [-0.25, -0.2) is 9.80 Å². The van der Waals surface area contributed by atoms with Crippen LogP contribution in [0.25, 0.3) is 0 Å². The van der Waals surface area contributed by atoms with Crippen LogP contribution in [0.5, 0.6) is 5.75 Å². The van der Waals surface area contributed by atoms with E-state index >= 15 is 0 Å². The quantitative estimate of drug-likeness (QED) is 0.627. The molecule has 104 valence electrons. The molecule has 1 aliphatic heterocycles. The number of hydrazine groups is 1. The first-order valence-corrected chi connectivity index (χ1v) is 6.08. The Balaban J connectivity index is 1.92. The maximum Gasteiger partial charge on any atom is 0.331 e. The lowest BCUT2D eigenvalue weighted by Crippen LogP contribution is -2.55. The number of nitrogens with two attached hydrogens (primary N) is 1. The molecular weight excluding hydrogens is 248 g/mol. The molecule has 1 aliphatic rings. The molecule has 1 fully saturated rings. The fourth-order valence-electron chi connectivity index (χ4n) is 1.91. The molecule has 1 atom stereocenters. The Bertz CT molecular complexity index is 409. The largest absolute Gasteiger partial charge is 0.489 e. The zero-order chi connectivity index (χ0) is 13.7. The van der Waals surface area contributed by atoms with Crippen LogP contribution in [0, 0.1) is 0 Å². The highest BCUT2D eigenvalue weighted by atomic mass is 16.5. The van der Waals surface area contributed by atoms with Gasteiger partial charge in [0, 0.05) is 13.1 Å². The van der Waals surface area contributed by atoms with Gasteiger partial charge in [0.05, 0.1) is 6.67 Å². The zero-order valence-electron chi connectivity index (χ0n) is 10.5. The highest BCUT2D eigenvalue weighted by molar-refractivity contribution is 5.71. The van der Waals surface area contributed by atoms with Gasteiger partial charge in [-0.1, -0.05) is 18.2 Å². The number of carbonyl (C=O) groups is 1. The van der Waals surface area contributed by atoms with Crippen LogP contribution in [0.15, 0.2) is 30.3 Å². The van der Waals surface area contributed by atoms with Crippen LogP contribution in [0.1, 0.15) is 0 Å². The fourth-order valence-corrected chi connectivity index (χ4v) is 1.91. The van der Waals surface area contributed by atoms with Crippen LogP contribution in [-0.4, -0.2) is 53.7 Å². The molecule has 1 heterocycles. The predicted molar refractivity (Wildman–Crippen MR) is 68.9 cm³/mol. The Morgan fingerprint density at radius 3 is 2.84 bits per heavy atom. The molecule has 19 heavy (non-hydrogen) atoms. The van der Waals surface area contributed by atoms with E-state index < -0.39 is 12.3 Å². The summed E-state index contributed by atoms with van der Waals surface area (Å²) in [6, 6.07) is 8.38. The number of ether oxygens (including phenoxy) is 1. The number of nitrogens with one attached hydrogen (secondary N) is 1. The van der Waals surface area contributed by atoms with Crippen LogP contribution < -0.4 is 15.8 Å². The molecule has 0 radical (unpaired) electrons. The van der Waals surface area contributed by atoms with Gasteiger partial charge >= 0.3 is 6.03 Å². The molecule has 2 amide bonds. The van der Waals surface area contributed by atoms with Crippen molar-refractivity contribution in [3.05, 3.63) is 30.3 Å². The van der Waals surface area contributed by atoms with Crippen molar-refractivity contribution < 1.29 is 14.6 Å². The van der Waals surface area contributed by atoms with Gasteiger partial charge in [-0.05, 0) is 12.1 Å². The molecule has 7 heteroatoms. The molecule has 0 aliphatic carbocycles. The lowest BCUT2D eigenvalue weighted by atomic mass is 10.3. The maximum atomic E-state index is 11.4. The molecule has 0 aromatic heterocycles. The summed E-state index contributed by atoms with van der Waals surface area (Å²) in [4.78, 5) is 11.4. The van der Waals surface area contributed by atoms with Crippen LogP contribution in [-0.2, 0) is 0 Å². The minimum Gasteiger partial charge on any atom is -0.489 e. The third-order valence-electron chi connectivity index (χ3n) is 2.80. The van der Waals surface area contributed by atoms with Crippen LogP contribution in [0.3, 0.4) is 0 Å². The summed E-state index contributed by atoms with van der Waals surface area (Å²) in [7, 11) is 0. The molecule has 0 bridgehead atoms. The zero-order valence-corrected chi connectivity index (χ0v) is 10.5. The first-order valence-electron chi connectivity index (χ1n) is 6.08. The van der Waals surface area contributed by atoms with Crippen molar-refractivity contribution in [1.82, 2.24) is 15.3 Å². The smallest absolute Gasteiger partial charge is 0.331 e. The SMILES string of the molecule is NC(=O)N(C(O)COc1ccccc1)N1CCNC1. The van der Waals surface area contributed by atoms with E-state index in [1.165, 1.54) is 0 Å². The summed E-state index contributed by atoms with van der Waals surface area (Å²) >= 11 is 0. The van der Waals surface area contributed by atoms with Gasteiger partial charge in [0.1, 0.15) is 12.4 Å². The number of primary amides is 1. The molecule has 1 unspecified atom stereocenters. The Hall–Kier alpha value is -1.83. The number of hydrogen-bond acceptors (Lipinski definition) is 5. The van der Waals surface area contributed by atoms with Crippen LogP contribution in [0.2, 0.25) is 0 Å². The van der Waals surface area contributed by atoms with Crippen LogP contribution >= 0.6 is 0 Å². The molecule has 7 nitrogen and oxygen atoms in total. The van der Waals surface area contributed by atoms with Gasteiger partial charge in [-0.2, -0.15) is 5.01 Å². The monoisotopic (exact) mass is 266 g/mol. The lowest BCUT2D eigenvalue weighted by molar-refractivity contribution is -0.105. The van der Waals surface area contributed by atoms with E-state index in [0.717, 1.165) is 11.6 Å². The van der Waals surface area contributed by atoms with E-state index in [0.29, 0.717) is 19.0 Å². The van der Waals surface area contributed by atoms with Gasteiger partial charge in [0.15, 0.2) is 6.23 Å². The summed E-state index contributed by atoms with van der Waals surface area (Å²) in [5, 5.41) is 15.9. The van der Waals surface area contributed by atoms with Crippen molar-refractivity contribution in [3.8, 4) is 5.75 Å². The minimum absolute atomic E-state index is 0.0382. The second-order valence-electron chi connectivity index (χ2n) is 4.18. The second kappa shape index (κ2) is 6.37. The van der Waals surface area contributed by atoms with Gasteiger partial charge in [0.25, 0.3) is 0 Å². The fraction of sp³-hybridized carbons (Fsp3) is 0.417. The van der Waals surface area contributed by atoms with Crippen LogP contribution in [0.4, 0.5) is 4.79 Å². The van der Waals surface area contributed by atoms with Gasteiger partial charge in [0.2, 0.25) is 0 Å². The number of aliphatic hydroxyl groups excluding tert-OH is 1. The first-order chi connectivity index (χ1) is 9.18. The van der Waals surface area contributed by atoms with Crippen molar-refractivity contribution in [3.63, 3.8) is 0 Å². The molecule has 1 aromatic carbocycles. The summed E-state index contributed by atoms with van der Waals surface area (Å²) in [6.07, 6.45) is -1.11. The number of hydrogen-bond donors (Lipinski definition) is 3. The lowest BCUT2D eigenvalue weighted by Gasteiger charge is -2.33. The summed E-state index contributed by atoms with van der Waals surface area (Å²) in [6.45, 7) is 1.80. The number of nitrogens with zero attached hydrogens (tertiary/aromatic N) is 2. The molecule has 0 saturated carbocycles. The molecule has 1 aromatic rings. The standard InChI is InChI=1S/C12H18N4O3/c13-12(18)16(15-7-6-14-9-15)11(17)8-19-10-4-2-1-3-5-10/h1-5,11,14,17H,6-9H2,(H2,13,18). The number of amides is 2. The average molecular weight is 266 g/mol. The van der Waals surface area contributed by atoms with E-state index in [2.05, 4.69) is 5.32 Å². The third-order valence-corrected chi connectivity index (χ3v) is 2.80. The first kappa shape index (κ1) is 13.6. The van der Waals surface area contributed by atoms with Crippen molar-refractivity contribution in [2.24, 2.45) is 5.73 Å². The predicted octanol–water partition coefficient (Wildman–Crippen LogP) is -0.458. The minimum atomic E-state index is -1.11. The Morgan fingerprint density at radius 1 is 1.53 bits per heavy atom. The number of benzene rings is 1. The van der Waals surface area contributed by atoms with E-state index in [1.807, 2.05) is 18.2 Å². The Kier molecular flexibility index (Phi) is 4.56. The van der Waals surface area contributed by atoms with E-state index in [4.69, 9.17) is 10.5 Å². The van der Waals surface area contributed by atoms with Gasteiger partial charge < -0.3 is 20.9 Å². The topological polar surface area (TPSA) is 91.1 Å². The van der Waals surface area contributed by atoms with E-state index in [1.54, 1.807) is 17.1 Å². The Morgan fingerprint density at radius 2 is 2.26 bits per heavy atom. The normalized spacial score (nSPS) is 17.1. The average Bonchev–Trinajstić information content (AvgIpc) is 2.91. The number of carbonyl (C=O) groups excluding carboxylic acids is 1. The summed E-state index contributed by atoms with van der Waals surface area (Å²) in [5.74, 6) is 0.630. The molecule has 4 N–H and O–H groups in total.